The van der Waals surface area contributed by atoms with Crippen LogP contribution in [0.4, 0.5) is 0 Å². The molecule has 22 heavy (non-hydrogen) atoms. The van der Waals surface area contributed by atoms with Crippen LogP contribution in [-0.4, -0.2) is 25.3 Å². The average Bonchev–Trinajstić information content (AvgIpc) is 2.96. The highest BCUT2D eigenvalue weighted by Gasteiger charge is 2.26. The molecule has 0 aliphatic carbocycles. The lowest BCUT2D eigenvalue weighted by atomic mass is 10.0. The molecular formula is C19H36O3. The molecule has 0 aromatic rings. The molecule has 0 unspecified atom stereocenters. The third-order valence-electron chi connectivity index (χ3n) is 4.70. The summed E-state index contributed by atoms with van der Waals surface area (Å²) in [6.45, 7) is 2.27. The van der Waals surface area contributed by atoms with E-state index < -0.39 is 0 Å². The molecule has 1 heterocycles. The molecule has 1 aliphatic heterocycles. The van der Waals surface area contributed by atoms with Crippen LogP contribution < -0.4 is 0 Å². The van der Waals surface area contributed by atoms with Crippen LogP contribution >= 0.6 is 0 Å². The second-order valence-electron chi connectivity index (χ2n) is 6.71. The number of carbonyl (C=O) groups is 1. The molecule has 0 saturated carbocycles. The minimum Gasteiger partial charge on any atom is -0.469 e. The number of carbonyl (C=O) groups excluding carboxylic acids is 1. The Morgan fingerprint density at radius 2 is 1.45 bits per heavy atom. The number of unbranched alkanes of at least 4 members (excludes halogenated alkanes) is 9. The zero-order chi connectivity index (χ0) is 16.0. The van der Waals surface area contributed by atoms with Gasteiger partial charge in [-0.1, -0.05) is 71.1 Å². The number of hydrogen-bond acceptors (Lipinski definition) is 3. The molecule has 1 fully saturated rings. The van der Waals surface area contributed by atoms with E-state index in [2.05, 4.69) is 6.92 Å². The van der Waals surface area contributed by atoms with Gasteiger partial charge in [-0.15, -0.1) is 0 Å². The highest BCUT2D eigenvalue weighted by atomic mass is 16.5. The van der Waals surface area contributed by atoms with Crippen molar-refractivity contribution in [2.75, 3.05) is 7.11 Å². The lowest BCUT2D eigenvalue weighted by molar-refractivity contribution is -0.143. The Hall–Kier alpha value is -0.570. The second-order valence-corrected chi connectivity index (χ2v) is 6.71. The Bertz CT molecular complexity index is 278. The van der Waals surface area contributed by atoms with Gasteiger partial charge in [0, 0.05) is 0 Å². The van der Waals surface area contributed by atoms with Gasteiger partial charge in [-0.25, -0.2) is 0 Å². The summed E-state index contributed by atoms with van der Waals surface area (Å²) in [5.41, 5.74) is 0. The van der Waals surface area contributed by atoms with Gasteiger partial charge in [0.25, 0.3) is 0 Å². The largest absolute Gasteiger partial charge is 0.469 e. The van der Waals surface area contributed by atoms with Crippen molar-refractivity contribution in [1.82, 2.24) is 0 Å². The summed E-state index contributed by atoms with van der Waals surface area (Å²) in [6, 6.07) is 0. The van der Waals surface area contributed by atoms with Crippen molar-refractivity contribution in [3.05, 3.63) is 0 Å². The zero-order valence-electron chi connectivity index (χ0n) is 14.8. The number of hydrogen-bond donors (Lipinski definition) is 0. The maximum Gasteiger partial charge on any atom is 0.308 e. The molecule has 0 spiro atoms. The SMILES string of the molecule is CCCCCCCCCCCC[C@@H]1CC[C@H](CC(=O)OC)O1. The molecule has 0 aromatic heterocycles. The Kier molecular flexibility index (Phi) is 11.4. The zero-order valence-corrected chi connectivity index (χ0v) is 14.8. The lowest BCUT2D eigenvalue weighted by Gasteiger charge is -2.12. The van der Waals surface area contributed by atoms with Crippen molar-refractivity contribution in [3.63, 3.8) is 0 Å². The molecule has 0 bridgehead atoms. The summed E-state index contributed by atoms with van der Waals surface area (Å²) in [5.74, 6) is -0.149. The summed E-state index contributed by atoms with van der Waals surface area (Å²) in [5, 5.41) is 0. The van der Waals surface area contributed by atoms with Gasteiger partial charge in [0.05, 0.1) is 25.7 Å². The molecular weight excluding hydrogens is 276 g/mol. The Morgan fingerprint density at radius 1 is 0.909 bits per heavy atom. The van der Waals surface area contributed by atoms with Gasteiger partial charge in [0.1, 0.15) is 0 Å². The van der Waals surface area contributed by atoms with Gasteiger partial charge in [-0.3, -0.25) is 4.79 Å². The van der Waals surface area contributed by atoms with E-state index in [1.807, 2.05) is 0 Å². The van der Waals surface area contributed by atoms with E-state index >= 15 is 0 Å². The van der Waals surface area contributed by atoms with E-state index in [4.69, 9.17) is 9.47 Å². The first-order valence-electron chi connectivity index (χ1n) is 9.48. The fraction of sp³-hybridized carbons (Fsp3) is 0.947. The van der Waals surface area contributed by atoms with Crippen molar-refractivity contribution >= 4 is 5.97 Å². The van der Waals surface area contributed by atoms with Crippen LogP contribution in [0.25, 0.3) is 0 Å². The van der Waals surface area contributed by atoms with Crippen LogP contribution in [-0.2, 0) is 14.3 Å². The smallest absolute Gasteiger partial charge is 0.308 e. The predicted molar refractivity (Wildman–Crippen MR) is 91.0 cm³/mol. The van der Waals surface area contributed by atoms with Crippen molar-refractivity contribution < 1.29 is 14.3 Å². The predicted octanol–water partition coefficient (Wildman–Crippen LogP) is 5.41. The first kappa shape index (κ1) is 19.5. The highest BCUT2D eigenvalue weighted by molar-refractivity contribution is 5.69. The van der Waals surface area contributed by atoms with Gasteiger partial charge < -0.3 is 9.47 Å². The summed E-state index contributed by atoms with van der Waals surface area (Å²) < 4.78 is 10.6. The van der Waals surface area contributed by atoms with Crippen LogP contribution in [0.1, 0.15) is 96.8 Å². The minimum atomic E-state index is -0.149. The van der Waals surface area contributed by atoms with Crippen LogP contribution in [0, 0.1) is 0 Å². The number of ether oxygens (including phenoxy) is 2. The van der Waals surface area contributed by atoms with Crippen molar-refractivity contribution in [1.29, 1.82) is 0 Å². The van der Waals surface area contributed by atoms with Crippen molar-refractivity contribution in [3.8, 4) is 0 Å². The third kappa shape index (κ3) is 9.45. The fourth-order valence-electron chi connectivity index (χ4n) is 3.27. The molecule has 0 aromatic carbocycles. The molecule has 3 nitrogen and oxygen atoms in total. The van der Waals surface area contributed by atoms with E-state index in [1.165, 1.54) is 71.3 Å². The van der Waals surface area contributed by atoms with Crippen molar-refractivity contribution in [2.24, 2.45) is 0 Å². The average molecular weight is 312 g/mol. The monoisotopic (exact) mass is 312 g/mol. The van der Waals surface area contributed by atoms with Crippen LogP contribution in [0.15, 0.2) is 0 Å². The summed E-state index contributed by atoms with van der Waals surface area (Å²) in [4.78, 5) is 11.2. The Morgan fingerprint density at radius 3 is 2.05 bits per heavy atom. The van der Waals surface area contributed by atoms with E-state index in [1.54, 1.807) is 0 Å². The summed E-state index contributed by atoms with van der Waals surface area (Å²) in [7, 11) is 1.44. The standard InChI is InChI=1S/C19H36O3/c1-3-4-5-6-7-8-9-10-11-12-13-17-14-15-18(22-17)16-19(20)21-2/h17-18H,3-16H2,1-2H3/t17-,18-/m1/s1. The molecule has 1 saturated heterocycles. The number of methoxy groups -OCH3 is 1. The molecule has 1 aliphatic rings. The van der Waals surface area contributed by atoms with Gasteiger partial charge in [0.2, 0.25) is 0 Å². The van der Waals surface area contributed by atoms with E-state index in [0.717, 1.165) is 19.3 Å². The molecule has 0 radical (unpaired) electrons. The van der Waals surface area contributed by atoms with Crippen molar-refractivity contribution in [2.45, 2.75) is 109 Å². The van der Waals surface area contributed by atoms with Gasteiger partial charge in [-0.05, 0) is 19.3 Å². The normalized spacial score (nSPS) is 21.2. The highest BCUT2D eigenvalue weighted by Crippen LogP contribution is 2.26. The summed E-state index contributed by atoms with van der Waals surface area (Å²) >= 11 is 0. The minimum absolute atomic E-state index is 0.0978. The van der Waals surface area contributed by atoms with Crippen LogP contribution in [0.3, 0.4) is 0 Å². The maximum atomic E-state index is 11.2. The molecule has 1 rings (SSSR count). The topological polar surface area (TPSA) is 35.5 Å². The van der Waals surface area contributed by atoms with Gasteiger partial charge in [0.15, 0.2) is 0 Å². The summed E-state index contributed by atoms with van der Waals surface area (Å²) in [6.07, 6.45) is 17.9. The van der Waals surface area contributed by atoms with Gasteiger partial charge in [-0.2, -0.15) is 0 Å². The quantitative estimate of drug-likeness (QED) is 0.337. The Balaban J connectivity index is 1.86. The molecule has 0 amide bonds. The Labute approximate surface area is 137 Å². The van der Waals surface area contributed by atoms with Crippen LogP contribution in [0.2, 0.25) is 0 Å². The molecule has 2 atom stereocenters. The van der Waals surface area contributed by atoms with Gasteiger partial charge >= 0.3 is 5.97 Å². The molecule has 0 N–H and O–H groups in total. The first-order chi connectivity index (χ1) is 10.8. The van der Waals surface area contributed by atoms with E-state index in [0.29, 0.717) is 12.5 Å². The lowest BCUT2D eigenvalue weighted by Crippen LogP contribution is -2.16. The van der Waals surface area contributed by atoms with E-state index in [-0.39, 0.29) is 12.1 Å². The molecule has 130 valence electrons. The molecule has 3 heteroatoms. The fourth-order valence-corrected chi connectivity index (χ4v) is 3.27. The first-order valence-corrected chi connectivity index (χ1v) is 9.48. The number of rotatable bonds is 13. The number of esters is 1. The van der Waals surface area contributed by atoms with E-state index in [9.17, 15) is 4.79 Å². The maximum absolute atomic E-state index is 11.2. The third-order valence-corrected chi connectivity index (χ3v) is 4.70. The second kappa shape index (κ2) is 12.9. The van der Waals surface area contributed by atoms with Crippen LogP contribution in [0.5, 0.6) is 0 Å².